The highest BCUT2D eigenvalue weighted by molar-refractivity contribution is 6.00. The van der Waals surface area contributed by atoms with Gasteiger partial charge in [0.15, 0.2) is 11.5 Å². The molecule has 0 fully saturated rings. The third-order valence-corrected chi connectivity index (χ3v) is 3.11. The maximum atomic E-state index is 12.1. The topological polar surface area (TPSA) is 161 Å². The van der Waals surface area contributed by atoms with E-state index in [1.807, 2.05) is 0 Å². The molecule has 0 atom stereocenters. The van der Waals surface area contributed by atoms with E-state index >= 15 is 0 Å². The zero-order valence-corrected chi connectivity index (χ0v) is 14.3. The van der Waals surface area contributed by atoms with Crippen molar-refractivity contribution in [3.8, 4) is 0 Å². The van der Waals surface area contributed by atoms with E-state index in [4.69, 9.17) is 11.5 Å². The Hall–Kier alpha value is -4.08. The summed E-state index contributed by atoms with van der Waals surface area (Å²) in [5.74, 6) is -0.530. The molecule has 0 bridgehead atoms. The number of allylic oxidation sites excluding steroid dienone is 1. The SMILES string of the molecule is C=CC(=O)Nc1cccc(CN=C/C(=C\N)NC(=O)c2nccnc2N)n1. The number of carbonyl (C=O) groups is 2. The van der Waals surface area contributed by atoms with Gasteiger partial charge < -0.3 is 22.1 Å². The second-order valence-electron chi connectivity index (χ2n) is 5.04. The molecule has 0 unspecified atom stereocenters. The van der Waals surface area contributed by atoms with Gasteiger partial charge in [-0.25, -0.2) is 15.0 Å². The van der Waals surface area contributed by atoms with Crippen LogP contribution in [0, 0.1) is 0 Å². The van der Waals surface area contributed by atoms with Gasteiger partial charge in [0.05, 0.1) is 17.9 Å². The number of nitrogens with one attached hydrogen (secondary N) is 2. The van der Waals surface area contributed by atoms with Gasteiger partial charge in [-0.05, 0) is 18.2 Å². The Bertz CT molecular complexity index is 907. The minimum absolute atomic E-state index is 0.00546. The third kappa shape index (κ3) is 5.74. The molecule has 0 saturated carbocycles. The second-order valence-corrected chi connectivity index (χ2v) is 5.04. The molecule has 0 aliphatic heterocycles. The van der Waals surface area contributed by atoms with Crippen LogP contribution in [0.4, 0.5) is 11.6 Å². The summed E-state index contributed by atoms with van der Waals surface area (Å²) >= 11 is 0. The van der Waals surface area contributed by atoms with Gasteiger partial charge in [-0.15, -0.1) is 0 Å². The van der Waals surface area contributed by atoms with Crippen LogP contribution in [0.3, 0.4) is 0 Å². The van der Waals surface area contributed by atoms with Crippen molar-refractivity contribution < 1.29 is 9.59 Å². The summed E-state index contributed by atoms with van der Waals surface area (Å²) in [5.41, 5.74) is 12.0. The molecule has 2 aromatic heterocycles. The number of nitrogens with two attached hydrogens (primary N) is 2. The predicted molar refractivity (Wildman–Crippen MR) is 101 cm³/mol. The van der Waals surface area contributed by atoms with Crippen LogP contribution in [0.5, 0.6) is 0 Å². The van der Waals surface area contributed by atoms with Crippen LogP contribution in [0.1, 0.15) is 16.2 Å². The molecular formula is C17H18N8O2. The number of pyridine rings is 1. The molecule has 0 spiro atoms. The lowest BCUT2D eigenvalue weighted by Gasteiger charge is -2.06. The first-order valence-electron chi connectivity index (χ1n) is 7.72. The van der Waals surface area contributed by atoms with Crippen LogP contribution >= 0.6 is 0 Å². The van der Waals surface area contributed by atoms with Crippen molar-refractivity contribution >= 4 is 29.7 Å². The fourth-order valence-corrected chi connectivity index (χ4v) is 1.88. The first-order valence-corrected chi connectivity index (χ1v) is 7.72. The Morgan fingerprint density at radius 2 is 2.04 bits per heavy atom. The molecule has 0 radical (unpaired) electrons. The van der Waals surface area contributed by atoms with Crippen molar-refractivity contribution in [2.45, 2.75) is 6.54 Å². The minimum atomic E-state index is -0.559. The van der Waals surface area contributed by atoms with E-state index in [1.165, 1.54) is 24.8 Å². The molecule has 138 valence electrons. The molecule has 10 heteroatoms. The number of aliphatic imine (C=N–C) groups is 1. The number of amides is 2. The first-order chi connectivity index (χ1) is 13.0. The Labute approximate surface area is 155 Å². The number of rotatable bonds is 7. The van der Waals surface area contributed by atoms with Crippen molar-refractivity contribution in [1.29, 1.82) is 0 Å². The Balaban J connectivity index is 1.99. The lowest BCUT2D eigenvalue weighted by atomic mass is 10.3. The van der Waals surface area contributed by atoms with Gasteiger partial charge in [0.2, 0.25) is 5.91 Å². The fourth-order valence-electron chi connectivity index (χ4n) is 1.88. The summed E-state index contributed by atoms with van der Waals surface area (Å²) in [5, 5.41) is 5.09. The van der Waals surface area contributed by atoms with Crippen molar-refractivity contribution in [3.63, 3.8) is 0 Å². The third-order valence-electron chi connectivity index (χ3n) is 3.11. The van der Waals surface area contributed by atoms with E-state index in [2.05, 4.69) is 37.2 Å². The Morgan fingerprint density at radius 1 is 1.26 bits per heavy atom. The van der Waals surface area contributed by atoms with E-state index in [9.17, 15) is 9.59 Å². The van der Waals surface area contributed by atoms with Crippen LogP contribution < -0.4 is 22.1 Å². The molecule has 2 rings (SSSR count). The average molecular weight is 366 g/mol. The number of nitrogens with zero attached hydrogens (tertiary/aromatic N) is 4. The standard InChI is InChI=1S/C17H18N8O2/c1-2-14(26)25-13-5-3-4-11(23-13)9-20-10-12(8-18)24-17(27)15-16(19)22-7-6-21-15/h2-8,10H,1,9,18H2,(H2,19,22)(H,24,27)(H,23,25,26)/b12-8+,20-10?. The largest absolute Gasteiger partial charge is 0.403 e. The minimum Gasteiger partial charge on any atom is -0.403 e. The van der Waals surface area contributed by atoms with E-state index in [1.54, 1.807) is 18.2 Å². The summed E-state index contributed by atoms with van der Waals surface area (Å²) in [7, 11) is 0. The summed E-state index contributed by atoms with van der Waals surface area (Å²) in [6, 6.07) is 5.12. The van der Waals surface area contributed by atoms with Crippen LogP contribution in [0.25, 0.3) is 0 Å². The molecule has 2 heterocycles. The van der Waals surface area contributed by atoms with Gasteiger partial charge in [0.1, 0.15) is 5.82 Å². The maximum absolute atomic E-state index is 12.1. The Kier molecular flexibility index (Phi) is 6.71. The molecule has 2 aromatic rings. The Morgan fingerprint density at radius 3 is 2.74 bits per heavy atom. The highest BCUT2D eigenvalue weighted by Crippen LogP contribution is 2.06. The quantitative estimate of drug-likeness (QED) is 0.407. The molecule has 27 heavy (non-hydrogen) atoms. The maximum Gasteiger partial charge on any atom is 0.278 e. The summed E-state index contributed by atoms with van der Waals surface area (Å²) in [6.45, 7) is 3.58. The van der Waals surface area contributed by atoms with Gasteiger partial charge in [-0.2, -0.15) is 0 Å². The van der Waals surface area contributed by atoms with Crippen LogP contribution in [-0.2, 0) is 11.3 Å². The summed E-state index contributed by atoms with van der Waals surface area (Å²) in [6.07, 6.45) is 6.45. The van der Waals surface area contributed by atoms with Crippen molar-refractivity contribution in [2.24, 2.45) is 10.7 Å². The van der Waals surface area contributed by atoms with Gasteiger partial charge in [-0.1, -0.05) is 12.6 Å². The zero-order valence-electron chi connectivity index (χ0n) is 14.3. The lowest BCUT2D eigenvalue weighted by molar-refractivity contribution is -0.111. The van der Waals surface area contributed by atoms with Gasteiger partial charge in [-0.3, -0.25) is 14.6 Å². The number of anilines is 2. The zero-order chi connectivity index (χ0) is 19.6. The molecule has 0 aromatic carbocycles. The number of aromatic nitrogens is 3. The van der Waals surface area contributed by atoms with E-state index in [0.29, 0.717) is 11.5 Å². The number of hydrogen-bond acceptors (Lipinski definition) is 8. The van der Waals surface area contributed by atoms with Crippen LogP contribution in [-0.4, -0.2) is 33.0 Å². The average Bonchev–Trinajstić information content (AvgIpc) is 2.67. The lowest BCUT2D eigenvalue weighted by Crippen LogP contribution is -2.26. The van der Waals surface area contributed by atoms with Crippen molar-refractivity contribution in [3.05, 3.63) is 66.5 Å². The van der Waals surface area contributed by atoms with E-state index < -0.39 is 5.91 Å². The monoisotopic (exact) mass is 366 g/mol. The highest BCUT2D eigenvalue weighted by atomic mass is 16.2. The highest BCUT2D eigenvalue weighted by Gasteiger charge is 2.12. The molecule has 0 aliphatic rings. The molecular weight excluding hydrogens is 348 g/mol. The van der Waals surface area contributed by atoms with Gasteiger partial charge in [0.25, 0.3) is 5.91 Å². The van der Waals surface area contributed by atoms with Crippen molar-refractivity contribution in [1.82, 2.24) is 20.3 Å². The predicted octanol–water partition coefficient (Wildman–Crippen LogP) is 0.379. The molecule has 10 nitrogen and oxygen atoms in total. The number of carbonyl (C=O) groups excluding carboxylic acids is 2. The number of hydrogen-bond donors (Lipinski definition) is 4. The van der Waals surface area contributed by atoms with Crippen molar-refractivity contribution in [2.75, 3.05) is 11.1 Å². The summed E-state index contributed by atoms with van der Waals surface area (Å²) < 4.78 is 0. The van der Waals surface area contributed by atoms with E-state index in [0.717, 1.165) is 6.08 Å². The normalized spacial score (nSPS) is 11.2. The van der Waals surface area contributed by atoms with Crippen LogP contribution in [0.15, 0.2) is 60.1 Å². The smallest absolute Gasteiger partial charge is 0.278 e. The molecule has 0 saturated heterocycles. The summed E-state index contributed by atoms with van der Waals surface area (Å²) in [4.78, 5) is 39.5. The van der Waals surface area contributed by atoms with Gasteiger partial charge in [0, 0.05) is 24.8 Å². The molecule has 0 aliphatic carbocycles. The van der Waals surface area contributed by atoms with Crippen LogP contribution in [0.2, 0.25) is 0 Å². The molecule has 2 amide bonds. The number of nitrogen functional groups attached to an aromatic ring is 1. The van der Waals surface area contributed by atoms with E-state index in [-0.39, 0.29) is 29.7 Å². The van der Waals surface area contributed by atoms with Gasteiger partial charge >= 0.3 is 0 Å². The fraction of sp³-hybridized carbons (Fsp3) is 0.0588. The second kappa shape index (κ2) is 9.42. The molecule has 6 N–H and O–H groups in total. The first kappa shape index (κ1) is 19.2.